The zero-order valence-corrected chi connectivity index (χ0v) is 9.95. The van der Waals surface area contributed by atoms with Gasteiger partial charge in [0.25, 0.3) is 5.56 Å². The average Bonchev–Trinajstić information content (AvgIpc) is 2.29. The van der Waals surface area contributed by atoms with Gasteiger partial charge in [0, 0.05) is 18.8 Å². The summed E-state index contributed by atoms with van der Waals surface area (Å²) in [4.78, 5) is 22.5. The molecule has 0 atom stereocenters. The Morgan fingerprint density at radius 2 is 2.35 bits per heavy atom. The zero-order chi connectivity index (χ0) is 12.3. The minimum atomic E-state index is -0.220. The molecule has 2 N–H and O–H groups in total. The molecule has 0 aliphatic heterocycles. The summed E-state index contributed by atoms with van der Waals surface area (Å²) >= 11 is 6.00. The summed E-state index contributed by atoms with van der Waals surface area (Å²) in [5, 5.41) is 3.39. The maximum Gasteiger partial charge on any atom is 0.251 e. The Kier molecular flexibility index (Phi) is 3.51. The maximum absolute atomic E-state index is 11.5. The molecule has 6 heteroatoms. The van der Waals surface area contributed by atoms with Gasteiger partial charge in [0.05, 0.1) is 10.7 Å². The highest BCUT2D eigenvalue weighted by molar-refractivity contribution is 6.32. The Labute approximate surface area is 103 Å². The molecule has 17 heavy (non-hydrogen) atoms. The third kappa shape index (κ3) is 2.69. The van der Waals surface area contributed by atoms with Crippen LogP contribution in [-0.4, -0.2) is 22.0 Å². The highest BCUT2D eigenvalue weighted by Crippen LogP contribution is 2.20. The summed E-state index contributed by atoms with van der Waals surface area (Å²) in [5.74, 6) is 0.383. The van der Waals surface area contributed by atoms with Crippen LogP contribution >= 0.6 is 11.6 Å². The van der Waals surface area contributed by atoms with Crippen LogP contribution in [0, 0.1) is 0 Å². The fourth-order valence-electron chi connectivity index (χ4n) is 1.45. The lowest BCUT2D eigenvalue weighted by Gasteiger charge is -2.04. The minimum Gasteiger partial charge on any atom is -0.314 e. The number of aromatic nitrogens is 3. The third-order valence-corrected chi connectivity index (χ3v) is 2.44. The van der Waals surface area contributed by atoms with E-state index in [0.717, 1.165) is 0 Å². The molecule has 0 unspecified atom stereocenters. The minimum absolute atomic E-state index is 0.220. The van der Waals surface area contributed by atoms with Crippen molar-refractivity contribution in [1.29, 1.82) is 0 Å². The molecular formula is C11H11ClN4O. The van der Waals surface area contributed by atoms with Gasteiger partial charge < -0.3 is 10.3 Å². The maximum atomic E-state index is 11.5. The van der Waals surface area contributed by atoms with Crippen LogP contribution in [0.3, 0.4) is 0 Å². The SMILES string of the molecule is CNCc1cc(=O)[nH]c(-c2ncccc2Cl)n1. The smallest absolute Gasteiger partial charge is 0.251 e. The summed E-state index contributed by atoms with van der Waals surface area (Å²) in [7, 11) is 1.79. The molecule has 0 fully saturated rings. The number of hydrogen-bond acceptors (Lipinski definition) is 4. The largest absolute Gasteiger partial charge is 0.314 e. The third-order valence-electron chi connectivity index (χ3n) is 2.14. The number of H-pyrrole nitrogens is 1. The van der Waals surface area contributed by atoms with Crippen molar-refractivity contribution < 1.29 is 0 Å². The number of rotatable bonds is 3. The second-order valence-electron chi connectivity index (χ2n) is 3.45. The fraction of sp³-hybridized carbons (Fsp3) is 0.182. The molecule has 0 aliphatic rings. The van der Waals surface area contributed by atoms with Crippen molar-refractivity contribution >= 4 is 11.6 Å². The van der Waals surface area contributed by atoms with Gasteiger partial charge in [-0.15, -0.1) is 0 Å². The summed E-state index contributed by atoms with van der Waals surface area (Å²) in [5.41, 5.74) is 0.902. The molecule has 0 aromatic carbocycles. The van der Waals surface area contributed by atoms with Crippen molar-refractivity contribution in [3.63, 3.8) is 0 Å². The van der Waals surface area contributed by atoms with Gasteiger partial charge in [-0.2, -0.15) is 0 Å². The molecule has 88 valence electrons. The predicted molar refractivity (Wildman–Crippen MR) is 65.9 cm³/mol. The molecule has 0 aliphatic carbocycles. The van der Waals surface area contributed by atoms with E-state index in [2.05, 4.69) is 20.3 Å². The van der Waals surface area contributed by atoms with Crippen LogP contribution < -0.4 is 10.9 Å². The van der Waals surface area contributed by atoms with E-state index >= 15 is 0 Å². The van der Waals surface area contributed by atoms with Crippen molar-refractivity contribution in [2.45, 2.75) is 6.54 Å². The molecule has 5 nitrogen and oxygen atoms in total. The Morgan fingerprint density at radius 3 is 3.06 bits per heavy atom. The average molecular weight is 251 g/mol. The van der Waals surface area contributed by atoms with Crippen LogP contribution in [0.25, 0.3) is 11.5 Å². The monoisotopic (exact) mass is 250 g/mol. The van der Waals surface area contributed by atoms with Gasteiger partial charge in [0.15, 0.2) is 5.82 Å². The van der Waals surface area contributed by atoms with Crippen molar-refractivity contribution in [3.8, 4) is 11.5 Å². The lowest BCUT2D eigenvalue weighted by Crippen LogP contribution is -2.15. The summed E-state index contributed by atoms with van der Waals surface area (Å²) in [6.45, 7) is 0.515. The van der Waals surface area contributed by atoms with E-state index in [1.807, 2.05) is 0 Å². The fourth-order valence-corrected chi connectivity index (χ4v) is 1.66. The van der Waals surface area contributed by atoms with Crippen molar-refractivity contribution in [2.75, 3.05) is 7.05 Å². The Balaban J connectivity index is 2.52. The van der Waals surface area contributed by atoms with Crippen LogP contribution in [0.15, 0.2) is 29.2 Å². The van der Waals surface area contributed by atoms with Crippen molar-refractivity contribution in [1.82, 2.24) is 20.3 Å². The number of pyridine rings is 1. The summed E-state index contributed by atoms with van der Waals surface area (Å²) in [6.07, 6.45) is 1.60. The molecule has 2 rings (SSSR count). The van der Waals surface area contributed by atoms with E-state index in [1.165, 1.54) is 6.07 Å². The quantitative estimate of drug-likeness (QED) is 0.859. The van der Waals surface area contributed by atoms with E-state index in [4.69, 9.17) is 11.6 Å². The number of hydrogen-bond donors (Lipinski definition) is 2. The lowest BCUT2D eigenvalue weighted by molar-refractivity contribution is 0.784. The molecule has 2 aromatic heterocycles. The standard InChI is InChI=1S/C11H11ClN4O/c1-13-6-7-5-9(17)16-11(15-7)10-8(12)3-2-4-14-10/h2-5,13H,6H2,1H3,(H,15,16,17). The first-order chi connectivity index (χ1) is 8.20. The number of nitrogens with zero attached hydrogens (tertiary/aromatic N) is 2. The molecule has 0 spiro atoms. The molecule has 0 bridgehead atoms. The van der Waals surface area contributed by atoms with Gasteiger partial charge >= 0.3 is 0 Å². The van der Waals surface area contributed by atoms with E-state index < -0.39 is 0 Å². The normalized spacial score (nSPS) is 10.5. The highest BCUT2D eigenvalue weighted by atomic mass is 35.5. The molecular weight excluding hydrogens is 240 g/mol. The predicted octanol–water partition coefficient (Wildman–Crippen LogP) is 1.20. The topological polar surface area (TPSA) is 70.7 Å². The van der Waals surface area contributed by atoms with Crippen LogP contribution in [0.5, 0.6) is 0 Å². The Morgan fingerprint density at radius 1 is 1.53 bits per heavy atom. The number of nitrogens with one attached hydrogen (secondary N) is 2. The first kappa shape index (κ1) is 11.8. The Hall–Kier alpha value is -1.72. The first-order valence-electron chi connectivity index (χ1n) is 5.06. The van der Waals surface area contributed by atoms with Crippen LogP contribution in [0.1, 0.15) is 5.69 Å². The van der Waals surface area contributed by atoms with E-state index in [-0.39, 0.29) is 5.56 Å². The second-order valence-corrected chi connectivity index (χ2v) is 3.86. The molecule has 0 saturated heterocycles. The molecule has 2 aromatic rings. The van der Waals surface area contributed by atoms with E-state index in [9.17, 15) is 4.79 Å². The van der Waals surface area contributed by atoms with Crippen LogP contribution in [0.4, 0.5) is 0 Å². The van der Waals surface area contributed by atoms with Crippen molar-refractivity contribution in [3.05, 3.63) is 45.5 Å². The summed E-state index contributed by atoms with van der Waals surface area (Å²) in [6, 6.07) is 4.87. The Bertz CT molecular complexity index is 582. The van der Waals surface area contributed by atoms with E-state index in [1.54, 1.807) is 25.4 Å². The summed E-state index contributed by atoms with van der Waals surface area (Å²) < 4.78 is 0. The number of aromatic amines is 1. The van der Waals surface area contributed by atoms with Gasteiger partial charge in [0.2, 0.25) is 0 Å². The van der Waals surface area contributed by atoms with Crippen LogP contribution in [-0.2, 0) is 6.54 Å². The molecule has 0 saturated carbocycles. The molecule has 0 radical (unpaired) electrons. The van der Waals surface area contributed by atoms with Gasteiger partial charge in [-0.05, 0) is 19.2 Å². The molecule has 2 heterocycles. The number of halogens is 1. The van der Waals surface area contributed by atoms with Crippen LogP contribution in [0.2, 0.25) is 5.02 Å². The van der Waals surface area contributed by atoms with Gasteiger partial charge in [-0.3, -0.25) is 9.78 Å². The molecule has 0 amide bonds. The van der Waals surface area contributed by atoms with Gasteiger partial charge in [-0.25, -0.2) is 4.98 Å². The van der Waals surface area contributed by atoms with Gasteiger partial charge in [-0.1, -0.05) is 11.6 Å². The lowest BCUT2D eigenvalue weighted by atomic mass is 10.3. The van der Waals surface area contributed by atoms with E-state index in [0.29, 0.717) is 28.8 Å². The second kappa shape index (κ2) is 5.07. The first-order valence-corrected chi connectivity index (χ1v) is 5.44. The highest BCUT2D eigenvalue weighted by Gasteiger charge is 2.08. The zero-order valence-electron chi connectivity index (χ0n) is 9.20. The van der Waals surface area contributed by atoms with Crippen molar-refractivity contribution in [2.24, 2.45) is 0 Å². The van der Waals surface area contributed by atoms with Gasteiger partial charge in [0.1, 0.15) is 5.69 Å².